The maximum Gasteiger partial charge on any atom is 0.250 e. The molecular formula is C15H12N2O2S. The lowest BCUT2D eigenvalue weighted by Crippen LogP contribution is -2.35. The first-order valence-electron chi connectivity index (χ1n) is 6.16. The zero-order chi connectivity index (χ0) is 14.3. The Morgan fingerprint density at radius 1 is 1.10 bits per heavy atom. The summed E-state index contributed by atoms with van der Waals surface area (Å²) in [5.41, 5.74) is 2.08. The molecule has 0 bridgehead atoms. The molecule has 0 radical (unpaired) electrons. The molecule has 0 amide bonds. The number of hydrogen-bond acceptors (Lipinski definition) is 5. The van der Waals surface area contributed by atoms with E-state index < -0.39 is 10.9 Å². The molecule has 20 heavy (non-hydrogen) atoms. The molecule has 0 spiro atoms. The second kappa shape index (κ2) is 4.68. The van der Waals surface area contributed by atoms with Crippen LogP contribution in [-0.4, -0.2) is 12.0 Å². The molecule has 100 valence electrons. The molecule has 1 N–H and O–H groups in total. The second-order valence-corrected chi connectivity index (χ2v) is 5.59. The van der Waals surface area contributed by atoms with Crippen LogP contribution in [0.2, 0.25) is 0 Å². The van der Waals surface area contributed by atoms with Crippen molar-refractivity contribution in [3.8, 4) is 20.9 Å². The van der Waals surface area contributed by atoms with Crippen molar-refractivity contribution in [1.82, 2.24) is 4.98 Å². The summed E-state index contributed by atoms with van der Waals surface area (Å²) in [6.45, 7) is 1.94. The van der Waals surface area contributed by atoms with Gasteiger partial charge in [0.05, 0.1) is 11.3 Å². The van der Waals surface area contributed by atoms with Crippen LogP contribution in [0.5, 0.6) is 0 Å². The number of anilines is 1. The van der Waals surface area contributed by atoms with E-state index in [4.69, 9.17) is 0 Å². The Bertz CT molecular complexity index is 857. The van der Waals surface area contributed by atoms with E-state index in [1.54, 1.807) is 13.2 Å². The van der Waals surface area contributed by atoms with Gasteiger partial charge < -0.3 is 5.32 Å². The standard InChI is InChI=1S/C15H12N2O2S/c1-8-7-9(5-6-17-8)10-3-4-11(20-10)12-13(16-2)15(19)14(12)18/h3-7,16H,1-2H3. The van der Waals surface area contributed by atoms with Gasteiger partial charge in [-0.05, 0) is 36.8 Å². The number of aromatic nitrogens is 1. The number of rotatable bonds is 3. The summed E-state index contributed by atoms with van der Waals surface area (Å²) in [7, 11) is 1.65. The lowest BCUT2D eigenvalue weighted by atomic mass is 10.1. The van der Waals surface area contributed by atoms with Gasteiger partial charge in [0.1, 0.15) is 0 Å². The summed E-state index contributed by atoms with van der Waals surface area (Å²) in [5, 5.41) is 2.79. The predicted octanol–water partition coefficient (Wildman–Crippen LogP) is 2.42. The number of pyridine rings is 1. The van der Waals surface area contributed by atoms with Gasteiger partial charge in [-0.2, -0.15) is 0 Å². The molecule has 0 saturated carbocycles. The van der Waals surface area contributed by atoms with Gasteiger partial charge in [0.25, 0.3) is 0 Å². The molecule has 5 heteroatoms. The molecule has 2 aromatic heterocycles. The van der Waals surface area contributed by atoms with Crippen LogP contribution in [0.15, 0.2) is 40.1 Å². The summed E-state index contributed by atoms with van der Waals surface area (Å²) >= 11 is 1.50. The largest absolute Gasteiger partial charge is 0.384 e. The SMILES string of the molecule is CNc1c(-c2ccc(-c3ccnc(C)c3)s2)c(=O)c1=O. The summed E-state index contributed by atoms with van der Waals surface area (Å²) in [6, 6.07) is 7.78. The minimum Gasteiger partial charge on any atom is -0.384 e. The highest BCUT2D eigenvalue weighted by Gasteiger charge is 2.22. The Hall–Kier alpha value is -2.27. The van der Waals surface area contributed by atoms with E-state index in [0.29, 0.717) is 11.3 Å². The Morgan fingerprint density at radius 3 is 2.55 bits per heavy atom. The fourth-order valence-corrected chi connectivity index (χ4v) is 3.24. The van der Waals surface area contributed by atoms with Crippen molar-refractivity contribution < 1.29 is 0 Å². The van der Waals surface area contributed by atoms with E-state index >= 15 is 0 Å². The fraction of sp³-hybridized carbons (Fsp3) is 0.133. The maximum absolute atomic E-state index is 11.7. The monoisotopic (exact) mass is 284 g/mol. The molecule has 0 saturated heterocycles. The molecule has 0 aliphatic heterocycles. The van der Waals surface area contributed by atoms with Crippen LogP contribution in [0.3, 0.4) is 0 Å². The van der Waals surface area contributed by atoms with Crippen molar-refractivity contribution >= 4 is 17.0 Å². The predicted molar refractivity (Wildman–Crippen MR) is 82.2 cm³/mol. The van der Waals surface area contributed by atoms with Gasteiger partial charge in [0.2, 0.25) is 10.9 Å². The summed E-state index contributed by atoms with van der Waals surface area (Å²) in [5.74, 6) is 0. The summed E-state index contributed by atoms with van der Waals surface area (Å²) < 4.78 is 0. The minimum atomic E-state index is -0.433. The average Bonchev–Trinajstić information content (AvgIpc) is 2.92. The van der Waals surface area contributed by atoms with E-state index in [9.17, 15) is 9.59 Å². The number of hydrogen-bond donors (Lipinski definition) is 1. The van der Waals surface area contributed by atoms with Gasteiger partial charge in [0.15, 0.2) is 0 Å². The topological polar surface area (TPSA) is 59.1 Å². The number of nitrogens with one attached hydrogen (secondary N) is 1. The lowest BCUT2D eigenvalue weighted by molar-refractivity contribution is 1.20. The Morgan fingerprint density at radius 2 is 1.85 bits per heavy atom. The van der Waals surface area contributed by atoms with Crippen LogP contribution in [0.1, 0.15) is 5.69 Å². The molecule has 4 nitrogen and oxygen atoms in total. The molecule has 3 rings (SSSR count). The zero-order valence-corrected chi connectivity index (χ0v) is 11.9. The van der Waals surface area contributed by atoms with E-state index in [1.807, 2.05) is 31.2 Å². The summed E-state index contributed by atoms with van der Waals surface area (Å²) in [4.78, 5) is 29.2. The van der Waals surface area contributed by atoms with Gasteiger partial charge in [0, 0.05) is 28.7 Å². The quantitative estimate of drug-likeness (QED) is 0.750. The molecule has 1 aromatic carbocycles. The normalized spacial score (nSPS) is 10.9. The fourth-order valence-electron chi connectivity index (χ4n) is 2.19. The lowest BCUT2D eigenvalue weighted by Gasteiger charge is -2.07. The minimum absolute atomic E-state index is 0.409. The molecule has 3 aromatic rings. The first-order chi connectivity index (χ1) is 9.61. The van der Waals surface area contributed by atoms with Crippen LogP contribution < -0.4 is 16.2 Å². The van der Waals surface area contributed by atoms with Crippen LogP contribution in [-0.2, 0) is 0 Å². The number of thiophene rings is 1. The van der Waals surface area contributed by atoms with Gasteiger partial charge in [-0.1, -0.05) is 0 Å². The van der Waals surface area contributed by atoms with Crippen molar-refractivity contribution in [3.63, 3.8) is 0 Å². The van der Waals surface area contributed by atoms with Crippen molar-refractivity contribution in [2.75, 3.05) is 12.4 Å². The first kappa shape index (κ1) is 12.7. The molecule has 0 unspecified atom stereocenters. The van der Waals surface area contributed by atoms with Gasteiger partial charge in [-0.25, -0.2) is 0 Å². The third-order valence-corrected chi connectivity index (χ3v) is 4.35. The second-order valence-electron chi connectivity index (χ2n) is 4.51. The van der Waals surface area contributed by atoms with E-state index in [1.165, 1.54) is 11.3 Å². The summed E-state index contributed by atoms with van der Waals surface area (Å²) in [6.07, 6.45) is 1.76. The average molecular weight is 284 g/mol. The van der Waals surface area contributed by atoms with Crippen LogP contribution in [0, 0.1) is 6.92 Å². The number of aryl methyl sites for hydroxylation is 1. The Balaban J connectivity index is 2.05. The van der Waals surface area contributed by atoms with Crippen molar-refractivity contribution in [1.29, 1.82) is 0 Å². The van der Waals surface area contributed by atoms with Gasteiger partial charge in [-0.3, -0.25) is 14.6 Å². The van der Waals surface area contributed by atoms with Crippen molar-refractivity contribution in [2.24, 2.45) is 0 Å². The molecule has 0 fully saturated rings. The third-order valence-electron chi connectivity index (χ3n) is 3.19. The third kappa shape index (κ3) is 1.87. The van der Waals surface area contributed by atoms with E-state index in [-0.39, 0.29) is 0 Å². The smallest absolute Gasteiger partial charge is 0.250 e. The highest BCUT2D eigenvalue weighted by Crippen LogP contribution is 2.35. The zero-order valence-electron chi connectivity index (χ0n) is 11.1. The van der Waals surface area contributed by atoms with E-state index in [0.717, 1.165) is 21.0 Å². The van der Waals surface area contributed by atoms with Gasteiger partial charge >= 0.3 is 0 Å². The first-order valence-corrected chi connectivity index (χ1v) is 6.97. The van der Waals surface area contributed by atoms with Crippen LogP contribution in [0.4, 0.5) is 5.69 Å². The molecule has 0 aliphatic rings. The number of nitrogens with zero attached hydrogens (tertiary/aromatic N) is 1. The van der Waals surface area contributed by atoms with Crippen molar-refractivity contribution in [2.45, 2.75) is 6.92 Å². The highest BCUT2D eigenvalue weighted by molar-refractivity contribution is 7.18. The maximum atomic E-state index is 11.7. The molecule has 0 atom stereocenters. The molecule has 2 heterocycles. The van der Waals surface area contributed by atoms with Crippen LogP contribution in [0.25, 0.3) is 20.9 Å². The highest BCUT2D eigenvalue weighted by atomic mass is 32.1. The molecule has 0 aliphatic carbocycles. The molecular weight excluding hydrogens is 272 g/mol. The van der Waals surface area contributed by atoms with Crippen molar-refractivity contribution in [3.05, 3.63) is 56.6 Å². The Labute approximate surface area is 119 Å². The van der Waals surface area contributed by atoms with Crippen LogP contribution >= 0.6 is 11.3 Å². The van der Waals surface area contributed by atoms with Gasteiger partial charge in [-0.15, -0.1) is 11.3 Å². The Kier molecular flexibility index (Phi) is 2.99. The van der Waals surface area contributed by atoms with E-state index in [2.05, 4.69) is 10.3 Å².